The number of rotatable bonds is 4. The summed E-state index contributed by atoms with van der Waals surface area (Å²) in [7, 11) is 1.51. The minimum Gasteiger partial charge on any atom is -0.497 e. The van der Waals surface area contributed by atoms with E-state index < -0.39 is 12.1 Å². The number of nitrogens with one attached hydrogen (secondary N) is 1. The van der Waals surface area contributed by atoms with Crippen LogP contribution in [-0.4, -0.2) is 30.6 Å². The second-order valence-corrected chi connectivity index (χ2v) is 6.49. The van der Waals surface area contributed by atoms with E-state index in [9.17, 15) is 9.59 Å². The van der Waals surface area contributed by atoms with Gasteiger partial charge in [0.1, 0.15) is 5.75 Å². The Bertz CT molecular complexity index is 537. The summed E-state index contributed by atoms with van der Waals surface area (Å²) in [6.45, 7) is 7.11. The first kappa shape index (κ1) is 17.5. The summed E-state index contributed by atoms with van der Waals surface area (Å²) < 4.78 is 10.8. The lowest BCUT2D eigenvalue weighted by Crippen LogP contribution is -2.46. The topological polar surface area (TPSA) is 64.6 Å². The van der Waals surface area contributed by atoms with Crippen LogP contribution in [0.5, 0.6) is 5.75 Å². The van der Waals surface area contributed by atoms with E-state index in [0.717, 1.165) is 0 Å². The average molecular weight is 358 g/mol. The Labute approximate surface area is 133 Å². The quantitative estimate of drug-likeness (QED) is 0.841. The van der Waals surface area contributed by atoms with Crippen molar-refractivity contribution < 1.29 is 19.1 Å². The molecular weight excluding hydrogens is 338 g/mol. The molecule has 0 aliphatic rings. The molecule has 21 heavy (non-hydrogen) atoms. The van der Waals surface area contributed by atoms with Crippen molar-refractivity contribution in [2.45, 2.75) is 39.3 Å². The monoisotopic (exact) mass is 357 g/mol. The third-order valence-corrected chi connectivity index (χ3v) is 3.24. The Hall–Kier alpha value is -1.56. The molecule has 6 heteroatoms. The van der Waals surface area contributed by atoms with Crippen molar-refractivity contribution in [2.24, 2.45) is 0 Å². The maximum atomic E-state index is 12.1. The number of halogens is 1. The van der Waals surface area contributed by atoms with Gasteiger partial charge in [0.15, 0.2) is 6.10 Å². The predicted molar refractivity (Wildman–Crippen MR) is 83.5 cm³/mol. The third-order valence-electron chi connectivity index (χ3n) is 2.54. The lowest BCUT2D eigenvalue weighted by molar-refractivity contribution is -0.130. The number of hydrogen-bond donors (Lipinski definition) is 1. The average Bonchev–Trinajstić information content (AvgIpc) is 2.37. The van der Waals surface area contributed by atoms with Crippen molar-refractivity contribution in [3.8, 4) is 5.75 Å². The van der Waals surface area contributed by atoms with E-state index in [1.54, 1.807) is 18.2 Å². The zero-order valence-electron chi connectivity index (χ0n) is 12.8. The number of ether oxygens (including phenoxy) is 2. The van der Waals surface area contributed by atoms with E-state index in [1.807, 2.05) is 20.8 Å². The van der Waals surface area contributed by atoms with Gasteiger partial charge in [-0.1, -0.05) is 0 Å². The van der Waals surface area contributed by atoms with Crippen LogP contribution in [-0.2, 0) is 9.53 Å². The van der Waals surface area contributed by atoms with Gasteiger partial charge in [0.05, 0.1) is 12.7 Å². The van der Waals surface area contributed by atoms with E-state index in [0.29, 0.717) is 15.8 Å². The molecule has 1 amide bonds. The molecule has 1 rings (SSSR count). The molecule has 5 nitrogen and oxygen atoms in total. The van der Waals surface area contributed by atoms with Crippen LogP contribution >= 0.6 is 15.9 Å². The summed E-state index contributed by atoms with van der Waals surface area (Å²) >= 11 is 3.28. The van der Waals surface area contributed by atoms with Gasteiger partial charge in [-0.25, -0.2) is 4.79 Å². The smallest absolute Gasteiger partial charge is 0.340 e. The van der Waals surface area contributed by atoms with Gasteiger partial charge in [-0.15, -0.1) is 0 Å². The van der Waals surface area contributed by atoms with Crippen LogP contribution in [0.15, 0.2) is 22.7 Å². The molecule has 1 N–H and O–H groups in total. The van der Waals surface area contributed by atoms with Gasteiger partial charge in [-0.3, -0.25) is 4.79 Å². The number of carbonyl (C=O) groups excluding carboxylic acids is 2. The number of hydrogen-bond acceptors (Lipinski definition) is 4. The lowest BCUT2D eigenvalue weighted by Gasteiger charge is -2.23. The normalized spacial score (nSPS) is 12.5. The summed E-state index contributed by atoms with van der Waals surface area (Å²) in [5.41, 5.74) is -0.0707. The molecule has 0 heterocycles. The van der Waals surface area contributed by atoms with Crippen LogP contribution in [0.4, 0.5) is 0 Å². The van der Waals surface area contributed by atoms with Gasteiger partial charge in [-0.2, -0.15) is 0 Å². The fourth-order valence-corrected chi connectivity index (χ4v) is 1.95. The summed E-state index contributed by atoms with van der Waals surface area (Å²) in [6, 6.07) is 4.97. The standard InChI is InChI=1S/C15H20BrNO4/c1-9(13(18)17-15(2,3)4)21-14(19)11-8-10(20-5)6-7-12(11)16/h6-9H,1-5H3,(H,17,18)/t9-/m0/s1. The minimum atomic E-state index is -0.880. The zero-order valence-corrected chi connectivity index (χ0v) is 14.4. The van der Waals surface area contributed by atoms with Crippen LogP contribution in [0.1, 0.15) is 38.1 Å². The molecule has 0 spiro atoms. The second-order valence-electron chi connectivity index (χ2n) is 5.63. The molecule has 0 aromatic heterocycles. The van der Waals surface area contributed by atoms with E-state index in [-0.39, 0.29) is 11.4 Å². The van der Waals surface area contributed by atoms with Crippen molar-refractivity contribution in [3.63, 3.8) is 0 Å². The maximum absolute atomic E-state index is 12.1. The lowest BCUT2D eigenvalue weighted by atomic mass is 10.1. The van der Waals surface area contributed by atoms with Crippen molar-refractivity contribution >= 4 is 27.8 Å². The number of esters is 1. The van der Waals surface area contributed by atoms with E-state index in [2.05, 4.69) is 21.2 Å². The van der Waals surface area contributed by atoms with Crippen LogP contribution in [0, 0.1) is 0 Å². The van der Waals surface area contributed by atoms with E-state index >= 15 is 0 Å². The van der Waals surface area contributed by atoms with Gasteiger partial charge in [0.2, 0.25) is 0 Å². The Morgan fingerprint density at radius 3 is 2.43 bits per heavy atom. The highest BCUT2D eigenvalue weighted by atomic mass is 79.9. The number of amides is 1. The Kier molecular flexibility index (Phi) is 5.78. The predicted octanol–water partition coefficient (Wildman–Crippen LogP) is 2.92. The first-order valence-corrected chi connectivity index (χ1v) is 7.30. The van der Waals surface area contributed by atoms with Gasteiger partial charge in [0.25, 0.3) is 5.91 Å². The zero-order chi connectivity index (χ0) is 16.2. The van der Waals surface area contributed by atoms with E-state index in [4.69, 9.17) is 9.47 Å². The van der Waals surface area contributed by atoms with Crippen molar-refractivity contribution in [1.82, 2.24) is 5.32 Å². The van der Waals surface area contributed by atoms with Gasteiger partial charge >= 0.3 is 5.97 Å². The van der Waals surface area contributed by atoms with Crippen LogP contribution in [0.25, 0.3) is 0 Å². The molecule has 0 bridgehead atoms. The Morgan fingerprint density at radius 1 is 1.29 bits per heavy atom. The summed E-state index contributed by atoms with van der Waals surface area (Å²) in [5.74, 6) is -0.385. The Balaban J connectivity index is 2.79. The molecule has 1 aromatic rings. The SMILES string of the molecule is COc1ccc(Br)c(C(=O)O[C@@H](C)C(=O)NC(C)(C)C)c1. The number of methoxy groups -OCH3 is 1. The molecule has 0 radical (unpaired) electrons. The molecule has 116 valence electrons. The van der Waals surface area contributed by atoms with Crippen molar-refractivity contribution in [2.75, 3.05) is 7.11 Å². The van der Waals surface area contributed by atoms with Gasteiger partial charge in [-0.05, 0) is 61.8 Å². The van der Waals surface area contributed by atoms with Crippen LogP contribution in [0.3, 0.4) is 0 Å². The fraction of sp³-hybridized carbons (Fsp3) is 0.467. The molecule has 0 unspecified atom stereocenters. The highest BCUT2D eigenvalue weighted by Gasteiger charge is 2.24. The summed E-state index contributed by atoms with van der Waals surface area (Å²) in [6.07, 6.45) is -0.880. The van der Waals surface area contributed by atoms with Crippen molar-refractivity contribution in [1.29, 1.82) is 0 Å². The largest absolute Gasteiger partial charge is 0.497 e. The van der Waals surface area contributed by atoms with Gasteiger partial charge < -0.3 is 14.8 Å². The van der Waals surface area contributed by atoms with Crippen LogP contribution < -0.4 is 10.1 Å². The molecule has 0 fully saturated rings. The molecule has 0 saturated heterocycles. The fourth-order valence-electron chi connectivity index (χ4n) is 1.54. The first-order valence-electron chi connectivity index (χ1n) is 6.50. The number of carbonyl (C=O) groups is 2. The minimum absolute atomic E-state index is 0.310. The van der Waals surface area contributed by atoms with Gasteiger partial charge in [0, 0.05) is 10.0 Å². The molecule has 1 aromatic carbocycles. The molecule has 0 aliphatic carbocycles. The Morgan fingerprint density at radius 2 is 1.90 bits per heavy atom. The highest BCUT2D eigenvalue weighted by molar-refractivity contribution is 9.10. The first-order chi connectivity index (χ1) is 9.64. The van der Waals surface area contributed by atoms with Crippen molar-refractivity contribution in [3.05, 3.63) is 28.2 Å². The number of benzene rings is 1. The van der Waals surface area contributed by atoms with Crippen LogP contribution in [0.2, 0.25) is 0 Å². The molecule has 0 aliphatic heterocycles. The van der Waals surface area contributed by atoms with E-state index in [1.165, 1.54) is 14.0 Å². The second kappa shape index (κ2) is 6.93. The molecule has 1 atom stereocenters. The summed E-state index contributed by atoms with van der Waals surface area (Å²) in [4.78, 5) is 24.0. The molecular formula is C15H20BrNO4. The highest BCUT2D eigenvalue weighted by Crippen LogP contribution is 2.23. The maximum Gasteiger partial charge on any atom is 0.340 e. The molecule has 0 saturated carbocycles. The third kappa shape index (κ3) is 5.38. The summed E-state index contributed by atoms with van der Waals surface area (Å²) in [5, 5.41) is 2.76.